The van der Waals surface area contributed by atoms with Crippen molar-refractivity contribution >= 4 is 17.3 Å². The molecular weight excluding hydrogens is 269 g/mol. The van der Waals surface area contributed by atoms with Gasteiger partial charge in [0.25, 0.3) is 5.91 Å². The number of carbonyl (C=O) groups excluding carboxylic acids is 1. The van der Waals surface area contributed by atoms with Crippen molar-refractivity contribution in [3.63, 3.8) is 0 Å². The molecule has 0 radical (unpaired) electrons. The molecule has 0 aromatic heterocycles. The minimum atomic E-state index is -0.267. The lowest BCUT2D eigenvalue weighted by Gasteiger charge is -2.22. The highest BCUT2D eigenvalue weighted by atomic mass is 19.1. The predicted octanol–water partition coefficient (Wildman–Crippen LogP) is 2.40. The van der Waals surface area contributed by atoms with Gasteiger partial charge in [-0.1, -0.05) is 12.1 Å². The van der Waals surface area contributed by atoms with Crippen molar-refractivity contribution in [2.75, 3.05) is 24.7 Å². The van der Waals surface area contributed by atoms with Crippen molar-refractivity contribution in [3.05, 3.63) is 59.4 Å². The van der Waals surface area contributed by atoms with Crippen LogP contribution in [0.25, 0.3) is 0 Å². The Morgan fingerprint density at radius 2 is 1.90 bits per heavy atom. The van der Waals surface area contributed by atoms with E-state index in [0.717, 1.165) is 11.3 Å². The van der Waals surface area contributed by atoms with Gasteiger partial charge in [0.1, 0.15) is 5.82 Å². The highest BCUT2D eigenvalue weighted by molar-refractivity contribution is 6.00. The highest BCUT2D eigenvalue weighted by Crippen LogP contribution is 2.24. The van der Waals surface area contributed by atoms with E-state index >= 15 is 0 Å². The molecule has 21 heavy (non-hydrogen) atoms. The maximum atomic E-state index is 12.9. The summed E-state index contributed by atoms with van der Waals surface area (Å²) in [7, 11) is 3.45. The molecule has 2 aromatic carbocycles. The first-order chi connectivity index (χ1) is 10.0. The van der Waals surface area contributed by atoms with Gasteiger partial charge in [0.05, 0.1) is 11.3 Å². The van der Waals surface area contributed by atoms with E-state index in [1.165, 1.54) is 12.1 Å². The second-order valence-electron chi connectivity index (χ2n) is 4.84. The lowest BCUT2D eigenvalue weighted by molar-refractivity contribution is 0.0963. The van der Waals surface area contributed by atoms with Crippen LogP contribution in [0.4, 0.5) is 15.8 Å². The average Bonchev–Trinajstić information content (AvgIpc) is 2.48. The summed E-state index contributed by atoms with van der Waals surface area (Å²) in [6, 6.07) is 11.4. The molecule has 110 valence electrons. The molecule has 4 nitrogen and oxygen atoms in total. The van der Waals surface area contributed by atoms with Gasteiger partial charge in [-0.2, -0.15) is 0 Å². The third-order valence-electron chi connectivity index (χ3n) is 3.24. The van der Waals surface area contributed by atoms with E-state index < -0.39 is 0 Å². The van der Waals surface area contributed by atoms with E-state index in [-0.39, 0.29) is 11.7 Å². The number of amides is 1. The van der Waals surface area contributed by atoms with E-state index in [1.54, 1.807) is 37.4 Å². The summed E-state index contributed by atoms with van der Waals surface area (Å²) >= 11 is 0. The van der Waals surface area contributed by atoms with Crippen LogP contribution < -0.4 is 16.0 Å². The number of nitrogens with one attached hydrogen (secondary N) is 1. The largest absolute Gasteiger partial charge is 0.399 e. The number of nitrogens with two attached hydrogens (primary N) is 1. The van der Waals surface area contributed by atoms with E-state index in [0.29, 0.717) is 17.8 Å². The second-order valence-corrected chi connectivity index (χ2v) is 4.84. The van der Waals surface area contributed by atoms with E-state index in [9.17, 15) is 9.18 Å². The standard InChI is InChI=1S/C16H18FN3O/c1-19-16(21)14-8-7-13(18)9-15(14)20(2)10-11-3-5-12(17)6-4-11/h3-9H,10,18H2,1-2H3,(H,19,21). The maximum absolute atomic E-state index is 12.9. The summed E-state index contributed by atoms with van der Waals surface area (Å²) in [5, 5.41) is 2.61. The zero-order valence-corrected chi connectivity index (χ0v) is 12.1. The molecule has 0 aliphatic carbocycles. The molecule has 0 heterocycles. The van der Waals surface area contributed by atoms with Gasteiger partial charge in [0.2, 0.25) is 0 Å². The Balaban J connectivity index is 2.29. The number of anilines is 2. The van der Waals surface area contributed by atoms with Crippen LogP contribution in [0.15, 0.2) is 42.5 Å². The van der Waals surface area contributed by atoms with Crippen LogP contribution in [-0.4, -0.2) is 20.0 Å². The van der Waals surface area contributed by atoms with Crippen molar-refractivity contribution in [3.8, 4) is 0 Å². The first kappa shape index (κ1) is 14.8. The molecule has 1 amide bonds. The normalized spacial score (nSPS) is 10.2. The van der Waals surface area contributed by atoms with Crippen molar-refractivity contribution in [2.45, 2.75) is 6.54 Å². The molecule has 3 N–H and O–H groups in total. The molecule has 0 spiro atoms. The minimum absolute atomic E-state index is 0.170. The number of hydrogen-bond donors (Lipinski definition) is 2. The van der Waals surface area contributed by atoms with Gasteiger partial charge in [0.15, 0.2) is 0 Å². The molecule has 2 aromatic rings. The van der Waals surface area contributed by atoms with Gasteiger partial charge >= 0.3 is 0 Å². The van der Waals surface area contributed by atoms with Crippen LogP contribution in [0.3, 0.4) is 0 Å². The van der Waals surface area contributed by atoms with Crippen LogP contribution in [-0.2, 0) is 6.54 Å². The number of carbonyl (C=O) groups is 1. The molecule has 0 bridgehead atoms. The zero-order chi connectivity index (χ0) is 15.4. The average molecular weight is 287 g/mol. The monoisotopic (exact) mass is 287 g/mol. The summed E-state index contributed by atoms with van der Waals surface area (Å²) < 4.78 is 12.9. The van der Waals surface area contributed by atoms with Crippen molar-refractivity contribution in [1.82, 2.24) is 5.32 Å². The Morgan fingerprint density at radius 1 is 1.24 bits per heavy atom. The van der Waals surface area contributed by atoms with Gasteiger partial charge in [-0.25, -0.2) is 4.39 Å². The van der Waals surface area contributed by atoms with E-state index in [2.05, 4.69) is 5.32 Å². The van der Waals surface area contributed by atoms with Gasteiger partial charge in [-0.05, 0) is 35.9 Å². The first-order valence-electron chi connectivity index (χ1n) is 6.58. The summed E-state index contributed by atoms with van der Waals surface area (Å²) in [5.41, 5.74) is 8.63. The lowest BCUT2D eigenvalue weighted by Crippen LogP contribution is -2.24. The fourth-order valence-electron chi connectivity index (χ4n) is 2.14. The number of benzene rings is 2. The fourth-order valence-corrected chi connectivity index (χ4v) is 2.14. The summed E-state index contributed by atoms with van der Waals surface area (Å²) in [4.78, 5) is 13.8. The van der Waals surface area contributed by atoms with Gasteiger partial charge < -0.3 is 16.0 Å². The lowest BCUT2D eigenvalue weighted by atomic mass is 10.1. The van der Waals surface area contributed by atoms with Gasteiger partial charge in [0, 0.05) is 26.3 Å². The molecule has 0 aliphatic heterocycles. The van der Waals surface area contributed by atoms with Crippen molar-refractivity contribution < 1.29 is 9.18 Å². The molecule has 0 atom stereocenters. The summed E-state index contributed by atoms with van der Waals surface area (Å²) in [6.45, 7) is 0.549. The number of hydrogen-bond acceptors (Lipinski definition) is 3. The van der Waals surface area contributed by atoms with E-state index in [4.69, 9.17) is 5.73 Å². The first-order valence-corrected chi connectivity index (χ1v) is 6.58. The smallest absolute Gasteiger partial charge is 0.253 e. The van der Waals surface area contributed by atoms with Gasteiger partial charge in [-0.15, -0.1) is 0 Å². The molecule has 2 rings (SSSR count). The van der Waals surface area contributed by atoms with Crippen LogP contribution in [0, 0.1) is 5.82 Å². The topological polar surface area (TPSA) is 58.4 Å². The highest BCUT2D eigenvalue weighted by Gasteiger charge is 2.14. The van der Waals surface area contributed by atoms with E-state index in [1.807, 2.05) is 11.9 Å². The Bertz CT molecular complexity index is 640. The van der Waals surface area contributed by atoms with Gasteiger partial charge in [-0.3, -0.25) is 4.79 Å². The Labute approximate surface area is 123 Å². The predicted molar refractivity (Wildman–Crippen MR) is 82.8 cm³/mol. The number of nitrogen functional groups attached to an aromatic ring is 1. The molecule has 0 unspecified atom stereocenters. The molecule has 0 fully saturated rings. The summed E-state index contributed by atoms with van der Waals surface area (Å²) in [5.74, 6) is -0.438. The van der Waals surface area contributed by atoms with Crippen molar-refractivity contribution in [1.29, 1.82) is 0 Å². The number of nitrogens with zero attached hydrogens (tertiary/aromatic N) is 1. The van der Waals surface area contributed by atoms with Crippen LogP contribution in [0.1, 0.15) is 15.9 Å². The zero-order valence-electron chi connectivity index (χ0n) is 12.1. The molecule has 5 heteroatoms. The molecule has 0 saturated carbocycles. The Morgan fingerprint density at radius 3 is 2.52 bits per heavy atom. The SMILES string of the molecule is CNC(=O)c1ccc(N)cc1N(C)Cc1ccc(F)cc1. The van der Waals surface area contributed by atoms with Crippen molar-refractivity contribution in [2.24, 2.45) is 0 Å². The maximum Gasteiger partial charge on any atom is 0.253 e. The third kappa shape index (κ3) is 3.51. The van der Waals surface area contributed by atoms with Crippen LogP contribution in [0.5, 0.6) is 0 Å². The molecule has 0 aliphatic rings. The quantitative estimate of drug-likeness (QED) is 0.849. The second kappa shape index (κ2) is 6.26. The third-order valence-corrected chi connectivity index (χ3v) is 3.24. The minimum Gasteiger partial charge on any atom is -0.399 e. The number of rotatable bonds is 4. The Kier molecular flexibility index (Phi) is 4.42. The molecule has 0 saturated heterocycles. The van der Waals surface area contributed by atoms with Crippen LogP contribution in [0.2, 0.25) is 0 Å². The Hall–Kier alpha value is -2.56. The number of halogens is 1. The van der Waals surface area contributed by atoms with Crippen LogP contribution >= 0.6 is 0 Å². The summed E-state index contributed by atoms with van der Waals surface area (Å²) in [6.07, 6.45) is 0. The molecular formula is C16H18FN3O. The fraction of sp³-hybridized carbons (Fsp3) is 0.188.